The van der Waals surface area contributed by atoms with Crippen LogP contribution in [-0.2, 0) is 32.7 Å². The molecule has 0 saturated heterocycles. The predicted octanol–water partition coefficient (Wildman–Crippen LogP) is 2.56. The Morgan fingerprint density at radius 3 is 2.28 bits per heavy atom. The number of sulfonamides is 1. The molecule has 0 radical (unpaired) electrons. The van der Waals surface area contributed by atoms with Crippen molar-refractivity contribution in [2.24, 2.45) is 0 Å². The van der Waals surface area contributed by atoms with E-state index in [1.54, 1.807) is 36.4 Å². The van der Waals surface area contributed by atoms with Gasteiger partial charge in [-0.1, -0.05) is 41.9 Å². The average molecular weight is 476 g/mol. The van der Waals surface area contributed by atoms with Gasteiger partial charge in [-0.3, -0.25) is 9.59 Å². The molecule has 1 aromatic heterocycles. The average Bonchev–Trinajstić information content (AvgIpc) is 3.30. The Morgan fingerprint density at radius 1 is 0.906 bits per heavy atom. The number of hydrogen-bond acceptors (Lipinski definition) is 5. The first-order chi connectivity index (χ1) is 15.3. The predicted molar refractivity (Wildman–Crippen MR) is 119 cm³/mol. The highest BCUT2D eigenvalue weighted by molar-refractivity contribution is 7.89. The van der Waals surface area contributed by atoms with Crippen molar-refractivity contribution in [3.8, 4) is 0 Å². The molecule has 8 nitrogen and oxygen atoms in total. The van der Waals surface area contributed by atoms with Gasteiger partial charge in [0.05, 0.1) is 30.8 Å². The minimum atomic E-state index is -3.99. The van der Waals surface area contributed by atoms with Gasteiger partial charge in [0.2, 0.25) is 21.8 Å². The molecule has 0 saturated carbocycles. The molecule has 0 spiro atoms. The van der Waals surface area contributed by atoms with Crippen LogP contribution in [0.4, 0.5) is 0 Å². The fraction of sp³-hybridized carbons (Fsp3) is 0.182. The van der Waals surface area contributed by atoms with Crippen LogP contribution in [0, 0.1) is 0 Å². The largest absolute Gasteiger partial charge is 0.467 e. The fourth-order valence-electron chi connectivity index (χ4n) is 2.82. The number of rotatable bonds is 10. The second kappa shape index (κ2) is 10.9. The number of carbonyl (C=O) groups excluding carboxylic acids is 2. The number of hydrogen-bond donors (Lipinski definition) is 2. The highest BCUT2D eigenvalue weighted by Gasteiger charge is 2.27. The zero-order valence-electron chi connectivity index (χ0n) is 17.0. The Morgan fingerprint density at radius 2 is 1.62 bits per heavy atom. The topological polar surface area (TPSA) is 109 Å². The summed E-state index contributed by atoms with van der Waals surface area (Å²) in [6, 6.07) is 18.0. The molecule has 0 aliphatic carbocycles. The highest BCUT2D eigenvalue weighted by atomic mass is 35.5. The maximum absolute atomic E-state index is 13.2. The summed E-state index contributed by atoms with van der Waals surface area (Å²) in [5, 5.41) is 5.46. The molecule has 2 amide bonds. The Labute approximate surface area is 191 Å². The van der Waals surface area contributed by atoms with Crippen LogP contribution in [0.3, 0.4) is 0 Å². The second-order valence-electron chi connectivity index (χ2n) is 6.85. The van der Waals surface area contributed by atoms with E-state index in [1.165, 1.54) is 30.5 Å². The Bertz CT molecular complexity index is 1130. The number of furan rings is 1. The van der Waals surface area contributed by atoms with E-state index in [2.05, 4.69) is 10.6 Å². The summed E-state index contributed by atoms with van der Waals surface area (Å²) in [4.78, 5) is 24.4. The van der Waals surface area contributed by atoms with Crippen LogP contribution in [0.15, 0.2) is 82.3 Å². The summed E-state index contributed by atoms with van der Waals surface area (Å²) in [6.07, 6.45) is 1.49. The van der Waals surface area contributed by atoms with Gasteiger partial charge in [-0.25, -0.2) is 8.42 Å². The molecule has 32 heavy (non-hydrogen) atoms. The summed E-state index contributed by atoms with van der Waals surface area (Å²) < 4.78 is 32.5. The summed E-state index contributed by atoms with van der Waals surface area (Å²) in [7, 11) is -3.99. The lowest BCUT2D eigenvalue weighted by Crippen LogP contribution is -2.43. The van der Waals surface area contributed by atoms with E-state index in [4.69, 9.17) is 16.0 Å². The first-order valence-electron chi connectivity index (χ1n) is 9.70. The molecule has 3 aromatic rings. The summed E-state index contributed by atoms with van der Waals surface area (Å²) >= 11 is 5.87. The van der Waals surface area contributed by atoms with Crippen molar-refractivity contribution >= 4 is 33.4 Å². The van der Waals surface area contributed by atoms with Crippen molar-refractivity contribution in [1.29, 1.82) is 0 Å². The zero-order valence-corrected chi connectivity index (χ0v) is 18.6. The molecule has 0 bridgehead atoms. The molecule has 1 heterocycles. The van der Waals surface area contributed by atoms with Gasteiger partial charge < -0.3 is 15.1 Å². The summed E-state index contributed by atoms with van der Waals surface area (Å²) in [5.41, 5.74) is 0.717. The van der Waals surface area contributed by atoms with Gasteiger partial charge in [0, 0.05) is 11.6 Å². The minimum Gasteiger partial charge on any atom is -0.467 e. The zero-order chi connectivity index (χ0) is 23.0. The number of amides is 2. The Balaban J connectivity index is 1.65. The first kappa shape index (κ1) is 23.5. The lowest BCUT2D eigenvalue weighted by molar-refractivity contribution is -0.126. The van der Waals surface area contributed by atoms with Crippen LogP contribution in [0.25, 0.3) is 0 Å². The molecule has 0 aliphatic heterocycles. The highest BCUT2D eigenvalue weighted by Crippen LogP contribution is 2.20. The molecule has 2 aromatic carbocycles. The second-order valence-corrected chi connectivity index (χ2v) is 9.22. The Kier molecular flexibility index (Phi) is 8.04. The molecule has 2 N–H and O–H groups in total. The summed E-state index contributed by atoms with van der Waals surface area (Å²) in [6.45, 7) is -0.568. The number of carbonyl (C=O) groups is 2. The van der Waals surface area contributed by atoms with Crippen LogP contribution in [-0.4, -0.2) is 37.6 Å². The molecular weight excluding hydrogens is 454 g/mol. The normalized spacial score (nSPS) is 11.3. The third-order valence-electron chi connectivity index (χ3n) is 4.46. The van der Waals surface area contributed by atoms with Crippen molar-refractivity contribution in [2.45, 2.75) is 18.0 Å². The van der Waals surface area contributed by atoms with E-state index in [0.29, 0.717) is 16.3 Å². The van der Waals surface area contributed by atoms with Crippen LogP contribution in [0.5, 0.6) is 0 Å². The number of halogens is 1. The molecule has 3 rings (SSSR count). The van der Waals surface area contributed by atoms with Crippen LogP contribution >= 0.6 is 11.6 Å². The minimum absolute atomic E-state index is 0.0100. The van der Waals surface area contributed by atoms with Crippen molar-refractivity contribution in [1.82, 2.24) is 14.9 Å². The van der Waals surface area contributed by atoms with Crippen LogP contribution in [0.2, 0.25) is 5.02 Å². The van der Waals surface area contributed by atoms with Crippen molar-refractivity contribution < 1.29 is 22.4 Å². The Hall–Kier alpha value is -3.14. The van der Waals surface area contributed by atoms with Gasteiger partial charge in [-0.2, -0.15) is 4.31 Å². The molecular formula is C22H22ClN3O5S. The molecule has 0 fully saturated rings. The van der Waals surface area contributed by atoms with Crippen molar-refractivity contribution in [2.75, 3.05) is 13.1 Å². The van der Waals surface area contributed by atoms with Crippen LogP contribution in [0.1, 0.15) is 11.3 Å². The van der Waals surface area contributed by atoms with E-state index < -0.39 is 28.4 Å². The molecule has 168 valence electrons. The van der Waals surface area contributed by atoms with Gasteiger partial charge in [0.1, 0.15) is 5.76 Å². The van der Waals surface area contributed by atoms with Gasteiger partial charge >= 0.3 is 0 Å². The number of nitrogens with one attached hydrogen (secondary N) is 2. The number of nitrogens with zero attached hydrogens (tertiary/aromatic N) is 1. The van der Waals surface area contributed by atoms with E-state index in [1.807, 2.05) is 6.07 Å². The monoisotopic (exact) mass is 475 g/mol. The quantitative estimate of drug-likeness (QED) is 0.468. The fourth-order valence-corrected chi connectivity index (χ4v) is 4.34. The molecule has 0 atom stereocenters. The van der Waals surface area contributed by atoms with Crippen molar-refractivity contribution in [3.63, 3.8) is 0 Å². The third kappa shape index (κ3) is 6.68. The van der Waals surface area contributed by atoms with E-state index in [0.717, 1.165) is 4.31 Å². The first-order valence-corrected chi connectivity index (χ1v) is 11.5. The van der Waals surface area contributed by atoms with Gasteiger partial charge in [0.15, 0.2) is 0 Å². The van der Waals surface area contributed by atoms with Crippen LogP contribution < -0.4 is 10.6 Å². The molecule has 10 heteroatoms. The lowest BCUT2D eigenvalue weighted by Gasteiger charge is -2.22. The van der Waals surface area contributed by atoms with Crippen molar-refractivity contribution in [3.05, 3.63) is 89.3 Å². The standard InChI is InChI=1S/C22H22ClN3O5S/c23-18-8-10-20(11-9-18)32(29,30)26(15-17-5-2-1-3-6-17)16-22(28)25-14-21(27)24-13-19-7-4-12-31-19/h1-12H,13-16H2,(H,24,27)(H,25,28). The smallest absolute Gasteiger partial charge is 0.243 e. The van der Waals surface area contributed by atoms with E-state index >= 15 is 0 Å². The van der Waals surface area contributed by atoms with Gasteiger partial charge in [-0.15, -0.1) is 0 Å². The van der Waals surface area contributed by atoms with E-state index in [-0.39, 0.29) is 24.5 Å². The maximum Gasteiger partial charge on any atom is 0.243 e. The third-order valence-corrected chi connectivity index (χ3v) is 6.52. The molecule has 0 aliphatic rings. The maximum atomic E-state index is 13.2. The molecule has 0 unspecified atom stereocenters. The van der Waals surface area contributed by atoms with E-state index in [9.17, 15) is 18.0 Å². The summed E-state index contributed by atoms with van der Waals surface area (Å²) in [5.74, 6) is -0.454. The lowest BCUT2D eigenvalue weighted by atomic mass is 10.2. The number of benzene rings is 2. The SMILES string of the molecule is O=C(CNC(=O)CN(Cc1ccccc1)S(=O)(=O)c1ccc(Cl)cc1)NCc1ccco1. The van der Waals surface area contributed by atoms with Gasteiger partial charge in [-0.05, 0) is 42.0 Å². The van der Waals surface area contributed by atoms with Gasteiger partial charge in [0.25, 0.3) is 0 Å².